The third-order valence-corrected chi connectivity index (χ3v) is 3.13. The van der Waals surface area contributed by atoms with Gasteiger partial charge in [-0.05, 0) is 18.2 Å². The third-order valence-electron chi connectivity index (χ3n) is 2.82. The van der Waals surface area contributed by atoms with Crippen LogP contribution in [0.15, 0.2) is 36.7 Å². The second-order valence-electron chi connectivity index (χ2n) is 4.04. The molecule has 1 aromatic carbocycles. The van der Waals surface area contributed by atoms with Crippen molar-refractivity contribution in [1.29, 1.82) is 0 Å². The molecule has 0 saturated heterocycles. The molecule has 3 rings (SSSR count). The number of hydrogen-bond donors (Lipinski definition) is 0. The molecule has 4 nitrogen and oxygen atoms in total. The summed E-state index contributed by atoms with van der Waals surface area (Å²) in [5.74, 6) is 0.958. The van der Waals surface area contributed by atoms with Crippen LogP contribution in [-0.4, -0.2) is 24.0 Å². The summed E-state index contributed by atoms with van der Waals surface area (Å²) in [4.78, 5) is 16.2. The van der Waals surface area contributed by atoms with Crippen molar-refractivity contribution < 1.29 is 14.3 Å². The number of rotatable bonds is 2. The largest absolute Gasteiger partial charge is 0.486 e. The Hall–Kier alpha value is -2.07. The SMILES string of the molecule is O=C(c1ccncc1)c1cc2c(cc1Cl)OCCO2. The van der Waals surface area contributed by atoms with Crippen molar-refractivity contribution in [3.05, 3.63) is 52.8 Å². The number of halogens is 1. The molecule has 1 aliphatic heterocycles. The van der Waals surface area contributed by atoms with E-state index in [2.05, 4.69) is 4.98 Å². The number of pyridine rings is 1. The van der Waals surface area contributed by atoms with Gasteiger partial charge in [-0.2, -0.15) is 0 Å². The summed E-state index contributed by atoms with van der Waals surface area (Å²) >= 11 is 6.13. The first kappa shape index (κ1) is 12.0. The number of ketones is 1. The minimum absolute atomic E-state index is 0.163. The normalized spacial score (nSPS) is 13.1. The Bertz CT molecular complexity index is 628. The van der Waals surface area contributed by atoms with Crippen LogP contribution >= 0.6 is 11.6 Å². The van der Waals surface area contributed by atoms with E-state index in [9.17, 15) is 4.79 Å². The molecule has 19 heavy (non-hydrogen) atoms. The number of carbonyl (C=O) groups excluding carboxylic acids is 1. The molecule has 0 saturated carbocycles. The van der Waals surface area contributed by atoms with E-state index in [4.69, 9.17) is 21.1 Å². The molecule has 1 aliphatic rings. The Morgan fingerprint density at radius 1 is 1.11 bits per heavy atom. The summed E-state index contributed by atoms with van der Waals surface area (Å²) < 4.78 is 10.9. The monoisotopic (exact) mass is 275 g/mol. The molecule has 0 atom stereocenters. The number of fused-ring (bicyclic) bond motifs is 1. The minimum Gasteiger partial charge on any atom is -0.486 e. The summed E-state index contributed by atoms with van der Waals surface area (Å²) in [7, 11) is 0. The molecule has 2 heterocycles. The van der Waals surface area contributed by atoms with Crippen LogP contribution in [0.3, 0.4) is 0 Å². The van der Waals surface area contributed by atoms with Crippen LogP contribution < -0.4 is 9.47 Å². The van der Waals surface area contributed by atoms with Crippen LogP contribution in [0.5, 0.6) is 11.5 Å². The Morgan fingerprint density at radius 2 is 1.74 bits per heavy atom. The van der Waals surface area contributed by atoms with Crippen molar-refractivity contribution >= 4 is 17.4 Å². The minimum atomic E-state index is -0.163. The lowest BCUT2D eigenvalue weighted by Crippen LogP contribution is -2.16. The highest BCUT2D eigenvalue weighted by Gasteiger charge is 2.19. The van der Waals surface area contributed by atoms with Crippen LogP contribution in [0.2, 0.25) is 5.02 Å². The van der Waals surface area contributed by atoms with Crippen LogP contribution in [0.25, 0.3) is 0 Å². The van der Waals surface area contributed by atoms with Gasteiger partial charge in [-0.25, -0.2) is 0 Å². The fourth-order valence-electron chi connectivity index (χ4n) is 1.90. The molecule has 2 aromatic rings. The van der Waals surface area contributed by atoms with Crippen molar-refractivity contribution in [2.75, 3.05) is 13.2 Å². The first-order valence-corrected chi connectivity index (χ1v) is 6.17. The second kappa shape index (κ2) is 4.90. The number of nitrogens with zero attached hydrogens (tertiary/aromatic N) is 1. The zero-order valence-corrected chi connectivity index (χ0v) is 10.7. The molecule has 0 spiro atoms. The van der Waals surface area contributed by atoms with Gasteiger partial charge < -0.3 is 9.47 Å². The summed E-state index contributed by atoms with van der Waals surface area (Å²) in [6.45, 7) is 0.957. The van der Waals surface area contributed by atoms with Gasteiger partial charge in [0.2, 0.25) is 0 Å². The molecule has 0 aliphatic carbocycles. The first-order chi connectivity index (χ1) is 9.25. The molecule has 0 bridgehead atoms. The van der Waals surface area contributed by atoms with Crippen LogP contribution in [0, 0.1) is 0 Å². The Balaban J connectivity index is 2.03. The molecule has 5 heteroatoms. The van der Waals surface area contributed by atoms with E-state index in [0.29, 0.717) is 40.9 Å². The van der Waals surface area contributed by atoms with Crippen molar-refractivity contribution in [1.82, 2.24) is 4.98 Å². The zero-order chi connectivity index (χ0) is 13.2. The van der Waals surface area contributed by atoms with Crippen molar-refractivity contribution in [2.24, 2.45) is 0 Å². The summed E-state index contributed by atoms with van der Waals surface area (Å²) in [5.41, 5.74) is 0.936. The third kappa shape index (κ3) is 2.27. The van der Waals surface area contributed by atoms with E-state index in [0.717, 1.165) is 0 Å². The second-order valence-corrected chi connectivity index (χ2v) is 4.45. The fraction of sp³-hybridized carbons (Fsp3) is 0.143. The van der Waals surface area contributed by atoms with E-state index in [1.165, 1.54) is 0 Å². The Morgan fingerprint density at radius 3 is 2.42 bits per heavy atom. The van der Waals surface area contributed by atoms with E-state index in [-0.39, 0.29) is 5.78 Å². The average Bonchev–Trinajstić information content (AvgIpc) is 2.47. The Kier molecular flexibility index (Phi) is 3.09. The van der Waals surface area contributed by atoms with E-state index >= 15 is 0 Å². The predicted molar refractivity (Wildman–Crippen MR) is 70.1 cm³/mol. The summed E-state index contributed by atoms with van der Waals surface area (Å²) in [6.07, 6.45) is 3.14. The van der Waals surface area contributed by atoms with Gasteiger partial charge in [-0.15, -0.1) is 0 Å². The standard InChI is InChI=1S/C14H10ClNO3/c15-11-8-13-12(18-5-6-19-13)7-10(11)14(17)9-1-3-16-4-2-9/h1-4,7-8H,5-6H2. The van der Waals surface area contributed by atoms with Crippen LogP contribution in [-0.2, 0) is 0 Å². The van der Waals surface area contributed by atoms with Gasteiger partial charge in [-0.1, -0.05) is 11.6 Å². The average molecular weight is 276 g/mol. The predicted octanol–water partition coefficient (Wildman–Crippen LogP) is 2.74. The highest BCUT2D eigenvalue weighted by atomic mass is 35.5. The van der Waals surface area contributed by atoms with Gasteiger partial charge in [0.15, 0.2) is 17.3 Å². The molecule has 0 unspecified atom stereocenters. The fourth-order valence-corrected chi connectivity index (χ4v) is 2.14. The number of ether oxygens (including phenoxy) is 2. The highest BCUT2D eigenvalue weighted by molar-refractivity contribution is 6.35. The van der Waals surface area contributed by atoms with Gasteiger partial charge in [-0.3, -0.25) is 9.78 Å². The number of benzene rings is 1. The summed E-state index contributed by atoms with van der Waals surface area (Å²) in [6, 6.07) is 6.54. The number of carbonyl (C=O) groups is 1. The lowest BCUT2D eigenvalue weighted by Gasteiger charge is -2.19. The number of hydrogen-bond acceptors (Lipinski definition) is 4. The highest BCUT2D eigenvalue weighted by Crippen LogP contribution is 2.36. The maximum atomic E-state index is 12.3. The molecule has 0 N–H and O–H groups in total. The van der Waals surface area contributed by atoms with E-state index in [1.54, 1.807) is 36.7 Å². The van der Waals surface area contributed by atoms with Crippen molar-refractivity contribution in [3.8, 4) is 11.5 Å². The maximum absolute atomic E-state index is 12.3. The van der Waals surface area contributed by atoms with Gasteiger partial charge in [0.25, 0.3) is 0 Å². The Labute approximate surface area is 114 Å². The molecule has 0 fully saturated rings. The van der Waals surface area contributed by atoms with Gasteiger partial charge in [0.1, 0.15) is 13.2 Å². The molecule has 0 amide bonds. The van der Waals surface area contributed by atoms with E-state index in [1.807, 2.05) is 0 Å². The lowest BCUT2D eigenvalue weighted by molar-refractivity contribution is 0.103. The van der Waals surface area contributed by atoms with Gasteiger partial charge >= 0.3 is 0 Å². The first-order valence-electron chi connectivity index (χ1n) is 5.79. The van der Waals surface area contributed by atoms with E-state index < -0.39 is 0 Å². The van der Waals surface area contributed by atoms with Gasteiger partial charge in [0, 0.05) is 29.6 Å². The van der Waals surface area contributed by atoms with Crippen LogP contribution in [0.1, 0.15) is 15.9 Å². The molecular formula is C14H10ClNO3. The zero-order valence-electron chi connectivity index (χ0n) is 9.93. The number of aromatic nitrogens is 1. The topological polar surface area (TPSA) is 48.4 Å². The summed E-state index contributed by atoms with van der Waals surface area (Å²) in [5, 5.41) is 0.353. The smallest absolute Gasteiger partial charge is 0.194 e. The lowest BCUT2D eigenvalue weighted by atomic mass is 10.0. The quantitative estimate of drug-likeness (QED) is 0.791. The molecule has 96 valence electrons. The molecule has 1 aromatic heterocycles. The van der Waals surface area contributed by atoms with Gasteiger partial charge in [0.05, 0.1) is 5.02 Å². The van der Waals surface area contributed by atoms with Crippen molar-refractivity contribution in [2.45, 2.75) is 0 Å². The molecule has 0 radical (unpaired) electrons. The molecular weight excluding hydrogens is 266 g/mol. The van der Waals surface area contributed by atoms with Crippen molar-refractivity contribution in [3.63, 3.8) is 0 Å². The maximum Gasteiger partial charge on any atom is 0.194 e. The van der Waals surface area contributed by atoms with Crippen LogP contribution in [0.4, 0.5) is 0 Å².